The second-order valence-corrected chi connectivity index (χ2v) is 7.03. The molecule has 0 saturated carbocycles. The number of ether oxygens (including phenoxy) is 2. The molecule has 2 heterocycles. The number of aliphatic carboxylic acids is 1. The number of carboxylic acid groups (broad SMARTS) is 1. The number of nitrogens with one attached hydrogen (secondary N) is 1. The Bertz CT molecular complexity index is 851. The quantitative estimate of drug-likeness (QED) is 0.276. The highest BCUT2D eigenvalue weighted by molar-refractivity contribution is 8.00. The van der Waals surface area contributed by atoms with Crippen LogP contribution in [0, 0.1) is 5.41 Å². The van der Waals surface area contributed by atoms with E-state index in [0.717, 1.165) is 0 Å². The van der Waals surface area contributed by atoms with Gasteiger partial charge in [-0.25, -0.2) is 4.79 Å². The molecule has 1 aromatic carbocycles. The Morgan fingerprint density at radius 3 is 2.59 bits per heavy atom. The van der Waals surface area contributed by atoms with Crippen LogP contribution in [0.25, 0.3) is 0 Å². The van der Waals surface area contributed by atoms with E-state index in [0.29, 0.717) is 22.6 Å². The second kappa shape index (κ2) is 7.31. The lowest BCUT2D eigenvalue weighted by Crippen LogP contribution is -2.67. The summed E-state index contributed by atoms with van der Waals surface area (Å²) in [6.07, 6.45) is -0.817. The third kappa shape index (κ3) is 3.61. The van der Waals surface area contributed by atoms with Gasteiger partial charge in [0.25, 0.3) is 5.91 Å². The number of thioether (sulfide) groups is 1. The Morgan fingerprint density at radius 1 is 1.37 bits per heavy atom. The van der Waals surface area contributed by atoms with Crippen LogP contribution in [0.1, 0.15) is 12.5 Å². The van der Waals surface area contributed by atoms with Gasteiger partial charge in [0.15, 0.2) is 0 Å². The number of carbonyl (C=O) groups is 3. The summed E-state index contributed by atoms with van der Waals surface area (Å²) in [6.45, 7) is 1.06. The van der Waals surface area contributed by atoms with E-state index in [4.69, 9.17) is 20.6 Å². The molecule has 0 bridgehead atoms. The average molecular weight is 391 g/mol. The molecule has 3 rings (SSSR count). The number of benzene rings is 1. The average Bonchev–Trinajstić information content (AvgIpc) is 2.63. The summed E-state index contributed by atoms with van der Waals surface area (Å²) in [4.78, 5) is 36.3. The lowest BCUT2D eigenvalue weighted by molar-refractivity contribution is -0.157. The molecular formula is C17H17N3O6S. The van der Waals surface area contributed by atoms with Crippen molar-refractivity contribution in [1.82, 2.24) is 4.90 Å². The number of hydrogen-bond acceptors (Lipinski definition) is 7. The van der Waals surface area contributed by atoms with Crippen molar-refractivity contribution in [2.75, 3.05) is 12.4 Å². The maximum atomic E-state index is 12.5. The van der Waals surface area contributed by atoms with Gasteiger partial charge in [0.2, 0.25) is 6.10 Å². The first-order chi connectivity index (χ1) is 12.8. The summed E-state index contributed by atoms with van der Waals surface area (Å²) < 4.78 is 10.6. The number of nitrogens with two attached hydrogens (primary N) is 1. The molecule has 1 saturated heterocycles. The van der Waals surface area contributed by atoms with E-state index in [1.165, 1.54) is 23.6 Å². The Balaban J connectivity index is 1.75. The summed E-state index contributed by atoms with van der Waals surface area (Å²) in [5, 5.41) is 16.4. The minimum absolute atomic E-state index is 0.0770. The highest BCUT2D eigenvalue weighted by Gasteiger charge is 2.55. The number of nitrogen functional groups attached to an aromatic ring is 1. The molecule has 0 aromatic heterocycles. The molecule has 0 unspecified atom stereocenters. The van der Waals surface area contributed by atoms with Crippen molar-refractivity contribution < 1.29 is 29.0 Å². The van der Waals surface area contributed by atoms with Crippen LogP contribution in [-0.2, 0) is 19.1 Å². The zero-order valence-electron chi connectivity index (χ0n) is 14.3. The minimum atomic E-state index is -1.25. The Kier molecular flexibility index (Phi) is 5.08. The van der Waals surface area contributed by atoms with E-state index in [-0.39, 0.29) is 18.1 Å². The second-order valence-electron chi connectivity index (χ2n) is 5.92. The summed E-state index contributed by atoms with van der Waals surface area (Å²) in [5.41, 5.74) is 6.14. The first-order valence-electron chi connectivity index (χ1n) is 7.94. The van der Waals surface area contributed by atoms with Crippen LogP contribution >= 0.6 is 11.8 Å². The van der Waals surface area contributed by atoms with Gasteiger partial charge in [-0.3, -0.25) is 19.9 Å². The maximum Gasteiger partial charge on any atom is 0.352 e. The van der Waals surface area contributed by atoms with Gasteiger partial charge in [0.05, 0.1) is 0 Å². The van der Waals surface area contributed by atoms with Crippen molar-refractivity contribution in [1.29, 1.82) is 5.41 Å². The standard InChI is InChI=1S/C17H17N3O6S/c1-8(21)25-6-10-7-27-16-13(15(22)20(16)12(10)17(23)24)26-11-4-2-9(3-5-11)14(18)19/h2-5,13,16H,6-7H2,1H3,(H3,18,19)(H,23,24)/t13-,16-/m1/s1. The smallest absolute Gasteiger partial charge is 0.352 e. The van der Waals surface area contributed by atoms with Crippen LogP contribution in [0.3, 0.4) is 0 Å². The van der Waals surface area contributed by atoms with Crippen molar-refractivity contribution in [3.05, 3.63) is 41.1 Å². The highest BCUT2D eigenvalue weighted by Crippen LogP contribution is 2.42. The van der Waals surface area contributed by atoms with Crippen LogP contribution in [0.15, 0.2) is 35.5 Å². The lowest BCUT2D eigenvalue weighted by atomic mass is 10.1. The molecule has 9 nitrogen and oxygen atoms in total. The summed E-state index contributed by atoms with van der Waals surface area (Å²) in [5.74, 6) is -1.59. The number of nitrogens with zero attached hydrogens (tertiary/aromatic N) is 1. The number of rotatable bonds is 6. The van der Waals surface area contributed by atoms with Crippen LogP contribution in [0.5, 0.6) is 5.75 Å². The molecule has 4 N–H and O–H groups in total. The molecule has 0 spiro atoms. The van der Waals surface area contributed by atoms with Crippen molar-refractivity contribution in [2.24, 2.45) is 5.73 Å². The van der Waals surface area contributed by atoms with Crippen molar-refractivity contribution >= 4 is 35.4 Å². The highest BCUT2D eigenvalue weighted by atomic mass is 32.2. The maximum absolute atomic E-state index is 12.5. The normalized spacial score (nSPS) is 21.2. The van der Waals surface area contributed by atoms with Crippen molar-refractivity contribution in [3.8, 4) is 5.75 Å². The van der Waals surface area contributed by atoms with Gasteiger partial charge >= 0.3 is 11.9 Å². The van der Waals surface area contributed by atoms with Crippen molar-refractivity contribution in [3.63, 3.8) is 0 Å². The number of β-lactam (4-membered cyclic amide) rings is 1. The predicted molar refractivity (Wildman–Crippen MR) is 96.3 cm³/mol. The van der Waals surface area contributed by atoms with Crippen LogP contribution in [-0.4, -0.2) is 57.5 Å². The van der Waals surface area contributed by atoms with E-state index in [1.54, 1.807) is 24.3 Å². The fourth-order valence-corrected chi connectivity index (χ4v) is 4.08. The largest absolute Gasteiger partial charge is 0.477 e. The Morgan fingerprint density at radius 2 is 2.04 bits per heavy atom. The predicted octanol–water partition coefficient (Wildman–Crippen LogP) is 0.535. The molecule has 27 heavy (non-hydrogen) atoms. The monoisotopic (exact) mass is 391 g/mol. The molecule has 1 aromatic rings. The number of esters is 1. The van der Waals surface area contributed by atoms with Gasteiger partial charge in [-0.1, -0.05) is 0 Å². The summed E-state index contributed by atoms with van der Waals surface area (Å²) >= 11 is 1.35. The summed E-state index contributed by atoms with van der Waals surface area (Å²) in [7, 11) is 0. The Labute approximate surface area is 158 Å². The fourth-order valence-electron chi connectivity index (χ4n) is 2.78. The molecule has 0 aliphatic carbocycles. The number of carbonyl (C=O) groups excluding carboxylic acids is 2. The van der Waals surface area contributed by atoms with Crippen molar-refractivity contribution in [2.45, 2.75) is 18.4 Å². The number of hydrogen-bond donors (Lipinski definition) is 3. The molecular weight excluding hydrogens is 374 g/mol. The van der Waals surface area contributed by atoms with E-state index in [9.17, 15) is 19.5 Å². The lowest BCUT2D eigenvalue weighted by Gasteiger charge is -2.48. The zero-order chi connectivity index (χ0) is 19.7. The van der Waals surface area contributed by atoms with Crippen LogP contribution < -0.4 is 10.5 Å². The fraction of sp³-hybridized carbons (Fsp3) is 0.294. The van der Waals surface area contributed by atoms with Crippen LogP contribution in [0.2, 0.25) is 0 Å². The zero-order valence-corrected chi connectivity index (χ0v) is 15.1. The summed E-state index contributed by atoms with van der Waals surface area (Å²) in [6, 6.07) is 6.40. The third-order valence-electron chi connectivity index (χ3n) is 4.08. The van der Waals surface area contributed by atoms with Gasteiger partial charge in [-0.05, 0) is 24.3 Å². The molecule has 10 heteroatoms. The molecule has 0 radical (unpaired) electrons. The third-order valence-corrected chi connectivity index (χ3v) is 5.39. The van der Waals surface area contributed by atoms with Gasteiger partial charge in [0.1, 0.15) is 29.3 Å². The Hall–Kier alpha value is -3.01. The van der Waals surface area contributed by atoms with E-state index in [2.05, 4.69) is 0 Å². The van der Waals surface area contributed by atoms with E-state index < -0.39 is 29.3 Å². The van der Waals surface area contributed by atoms with E-state index in [1.807, 2.05) is 0 Å². The molecule has 2 atom stereocenters. The first-order valence-corrected chi connectivity index (χ1v) is 8.99. The van der Waals surface area contributed by atoms with Gasteiger partial charge in [-0.15, -0.1) is 11.8 Å². The SMILES string of the molecule is CC(=O)OCC1=C(C(=O)O)N2C(=O)[C@@H](Oc3ccc(C(=N)N)cc3)[C@H]2SC1. The van der Waals surface area contributed by atoms with Crippen LogP contribution in [0.4, 0.5) is 0 Å². The number of amidine groups is 1. The molecule has 1 amide bonds. The number of carboxylic acids is 1. The minimum Gasteiger partial charge on any atom is -0.477 e. The topological polar surface area (TPSA) is 143 Å². The molecule has 1 fully saturated rings. The van der Waals surface area contributed by atoms with Gasteiger partial charge in [-0.2, -0.15) is 0 Å². The van der Waals surface area contributed by atoms with Gasteiger partial charge < -0.3 is 20.3 Å². The van der Waals surface area contributed by atoms with Gasteiger partial charge in [0, 0.05) is 23.8 Å². The number of fused-ring (bicyclic) bond motifs is 1. The first kappa shape index (κ1) is 18.8. The molecule has 142 valence electrons. The number of amides is 1. The molecule has 2 aliphatic heterocycles. The van der Waals surface area contributed by atoms with E-state index >= 15 is 0 Å². The molecule has 2 aliphatic rings.